The summed E-state index contributed by atoms with van der Waals surface area (Å²) in [6.45, 7) is 12.9. The molecule has 2 aromatic rings. The van der Waals surface area contributed by atoms with Crippen LogP contribution in [0, 0.1) is 0 Å². The third-order valence-corrected chi connectivity index (χ3v) is 5.16. The molecule has 0 unspecified atom stereocenters. The zero-order valence-electron chi connectivity index (χ0n) is 15.8. The number of nitrogens with zero attached hydrogens (tertiary/aromatic N) is 2. The molecule has 2 nitrogen and oxygen atoms in total. The Kier molecular flexibility index (Phi) is 6.23. The maximum atomic E-state index is 4.15. The van der Waals surface area contributed by atoms with Crippen LogP contribution in [0.1, 0.15) is 50.8 Å². The van der Waals surface area contributed by atoms with E-state index in [4.69, 9.17) is 0 Å². The number of aromatic nitrogens is 1. The smallest absolute Gasteiger partial charge is 0.0449 e. The minimum atomic E-state index is 0.0119. The van der Waals surface area contributed by atoms with E-state index in [2.05, 4.69) is 104 Å². The van der Waals surface area contributed by atoms with Crippen molar-refractivity contribution in [2.45, 2.75) is 39.7 Å². The number of allylic oxidation sites excluding steroid dienone is 1. The molecule has 1 heterocycles. The zero-order chi connectivity index (χ0) is 18.6. The lowest BCUT2D eigenvalue weighted by atomic mass is 10.00. The second-order valence-electron chi connectivity index (χ2n) is 7.19. The Bertz CT molecular complexity index is 770. The van der Waals surface area contributed by atoms with E-state index in [0.717, 1.165) is 33.3 Å². The van der Waals surface area contributed by atoms with Gasteiger partial charge in [-0.1, -0.05) is 41.6 Å². The molecule has 0 aliphatic rings. The van der Waals surface area contributed by atoms with Crippen LogP contribution in [0.3, 0.4) is 0 Å². The molecule has 0 spiro atoms. The van der Waals surface area contributed by atoms with E-state index >= 15 is 0 Å². The van der Waals surface area contributed by atoms with Gasteiger partial charge in [0, 0.05) is 40.7 Å². The Morgan fingerprint density at radius 3 is 2.32 bits per heavy atom. The Labute approximate surface area is 160 Å². The molecule has 0 radical (unpaired) electrons. The van der Waals surface area contributed by atoms with Crippen LogP contribution in [-0.4, -0.2) is 22.5 Å². The fourth-order valence-electron chi connectivity index (χ4n) is 2.47. The van der Waals surface area contributed by atoms with Crippen molar-refractivity contribution in [1.29, 1.82) is 0 Å². The van der Waals surface area contributed by atoms with E-state index < -0.39 is 0 Å². The fraction of sp³-hybridized carbons (Fsp3) is 0.318. The van der Waals surface area contributed by atoms with Crippen LogP contribution in [0.2, 0.25) is 0 Å². The van der Waals surface area contributed by atoms with Gasteiger partial charge in [0.15, 0.2) is 0 Å². The summed E-state index contributed by atoms with van der Waals surface area (Å²) in [4.78, 5) is 6.45. The molecule has 2 rings (SSSR count). The molecule has 0 saturated heterocycles. The van der Waals surface area contributed by atoms with Gasteiger partial charge in [0.25, 0.3) is 0 Å². The first kappa shape index (κ1) is 19.5. The number of benzene rings is 1. The molecule has 0 amide bonds. The maximum absolute atomic E-state index is 4.15. The molecule has 3 heteroatoms. The van der Waals surface area contributed by atoms with Crippen molar-refractivity contribution in [3.63, 3.8) is 0 Å². The van der Waals surface area contributed by atoms with Gasteiger partial charge in [-0.25, -0.2) is 0 Å². The Hall–Kier alpha value is -1.87. The molecular weight excluding hydrogens is 372 g/mol. The van der Waals surface area contributed by atoms with Gasteiger partial charge in [-0.15, -0.1) is 0 Å². The molecule has 0 bridgehead atoms. The van der Waals surface area contributed by atoms with Crippen LogP contribution in [0.15, 0.2) is 53.8 Å². The second-order valence-corrected chi connectivity index (χ2v) is 8.04. The molecule has 0 aliphatic carbocycles. The van der Waals surface area contributed by atoms with E-state index in [1.165, 1.54) is 5.56 Å². The number of halogens is 1. The largest absolute Gasteiger partial charge is 0.369 e. The number of hydrogen-bond acceptors (Lipinski definition) is 2. The standard InChI is InChI=1S/C22H27BrN2/c1-7-16(2)18-8-9-19(20(23)14-18)15-21(25(6)22(3,4)5)17-10-12-24-13-11-17/h8-15H,2,7H2,1,3-6H3/b21-15-. The summed E-state index contributed by atoms with van der Waals surface area (Å²) in [6.07, 6.45) is 6.85. The third-order valence-electron chi connectivity index (χ3n) is 4.47. The lowest BCUT2D eigenvalue weighted by molar-refractivity contribution is 0.267. The summed E-state index contributed by atoms with van der Waals surface area (Å²) in [5.41, 5.74) is 5.81. The lowest BCUT2D eigenvalue weighted by Crippen LogP contribution is -2.36. The molecule has 0 fully saturated rings. The topological polar surface area (TPSA) is 16.1 Å². The molecule has 1 aromatic heterocycles. The normalized spacial score (nSPS) is 12.2. The van der Waals surface area contributed by atoms with Crippen molar-refractivity contribution >= 4 is 33.3 Å². The minimum Gasteiger partial charge on any atom is -0.369 e. The van der Waals surface area contributed by atoms with E-state index in [9.17, 15) is 0 Å². The van der Waals surface area contributed by atoms with Gasteiger partial charge in [-0.05, 0) is 68.2 Å². The van der Waals surface area contributed by atoms with Crippen LogP contribution in [0.25, 0.3) is 17.3 Å². The van der Waals surface area contributed by atoms with Crippen LogP contribution in [-0.2, 0) is 0 Å². The van der Waals surface area contributed by atoms with Gasteiger partial charge in [0.1, 0.15) is 0 Å². The summed E-state index contributed by atoms with van der Waals surface area (Å²) in [7, 11) is 2.13. The van der Waals surface area contributed by atoms with Gasteiger partial charge in [-0.3, -0.25) is 4.98 Å². The predicted molar refractivity (Wildman–Crippen MR) is 113 cm³/mol. The van der Waals surface area contributed by atoms with Gasteiger partial charge >= 0.3 is 0 Å². The van der Waals surface area contributed by atoms with E-state index in [0.29, 0.717) is 0 Å². The van der Waals surface area contributed by atoms with Crippen LogP contribution >= 0.6 is 15.9 Å². The minimum absolute atomic E-state index is 0.0119. The highest BCUT2D eigenvalue weighted by Crippen LogP contribution is 2.31. The van der Waals surface area contributed by atoms with Crippen molar-refractivity contribution in [3.05, 3.63) is 70.5 Å². The highest BCUT2D eigenvalue weighted by Gasteiger charge is 2.21. The van der Waals surface area contributed by atoms with Crippen molar-refractivity contribution in [2.24, 2.45) is 0 Å². The van der Waals surface area contributed by atoms with Crippen molar-refractivity contribution in [2.75, 3.05) is 7.05 Å². The number of pyridine rings is 1. The van der Waals surface area contributed by atoms with Crippen molar-refractivity contribution in [3.8, 4) is 0 Å². The molecule has 1 aromatic carbocycles. The summed E-state index contributed by atoms with van der Waals surface area (Å²) in [5.74, 6) is 0. The Balaban J connectivity index is 2.53. The van der Waals surface area contributed by atoms with Gasteiger partial charge < -0.3 is 4.90 Å². The maximum Gasteiger partial charge on any atom is 0.0449 e. The molecule has 0 N–H and O–H groups in total. The van der Waals surface area contributed by atoms with E-state index in [1.54, 1.807) is 0 Å². The molecule has 0 saturated carbocycles. The highest BCUT2D eigenvalue weighted by atomic mass is 79.9. The Morgan fingerprint density at radius 1 is 1.16 bits per heavy atom. The average Bonchev–Trinajstić information content (AvgIpc) is 2.59. The molecule has 0 atom stereocenters. The van der Waals surface area contributed by atoms with Crippen LogP contribution in [0.5, 0.6) is 0 Å². The quantitative estimate of drug-likeness (QED) is 0.571. The lowest BCUT2D eigenvalue weighted by Gasteiger charge is -2.36. The second kappa shape index (κ2) is 8.01. The third kappa shape index (κ3) is 4.82. The molecule has 132 valence electrons. The first-order chi connectivity index (χ1) is 11.7. The summed E-state index contributed by atoms with van der Waals surface area (Å²) in [6, 6.07) is 10.5. The van der Waals surface area contributed by atoms with Gasteiger partial charge in [0.05, 0.1) is 0 Å². The highest BCUT2D eigenvalue weighted by molar-refractivity contribution is 9.10. The first-order valence-electron chi connectivity index (χ1n) is 8.57. The summed E-state index contributed by atoms with van der Waals surface area (Å²) in [5, 5.41) is 0. The summed E-state index contributed by atoms with van der Waals surface area (Å²) < 4.78 is 1.08. The predicted octanol–water partition coefficient (Wildman–Crippen LogP) is 6.50. The van der Waals surface area contributed by atoms with E-state index in [-0.39, 0.29) is 5.54 Å². The molecule has 25 heavy (non-hydrogen) atoms. The van der Waals surface area contributed by atoms with Crippen LogP contribution < -0.4 is 0 Å². The fourth-order valence-corrected chi connectivity index (χ4v) is 2.97. The molecular formula is C22H27BrN2. The SMILES string of the molecule is C=C(CC)c1ccc(/C=C(/c2ccncc2)N(C)C(C)(C)C)c(Br)c1. The zero-order valence-corrected chi connectivity index (χ0v) is 17.4. The first-order valence-corrected chi connectivity index (χ1v) is 9.37. The van der Waals surface area contributed by atoms with Gasteiger partial charge in [0.2, 0.25) is 0 Å². The Morgan fingerprint density at radius 2 is 1.80 bits per heavy atom. The van der Waals surface area contributed by atoms with Crippen molar-refractivity contribution in [1.82, 2.24) is 9.88 Å². The summed E-state index contributed by atoms with van der Waals surface area (Å²) >= 11 is 3.73. The monoisotopic (exact) mass is 398 g/mol. The van der Waals surface area contributed by atoms with Crippen molar-refractivity contribution < 1.29 is 0 Å². The van der Waals surface area contributed by atoms with E-state index in [1.807, 2.05) is 12.4 Å². The van der Waals surface area contributed by atoms with Gasteiger partial charge in [-0.2, -0.15) is 0 Å². The number of rotatable bonds is 5. The average molecular weight is 399 g/mol. The number of hydrogen-bond donors (Lipinski definition) is 0. The van der Waals surface area contributed by atoms with Crippen LogP contribution in [0.4, 0.5) is 0 Å². The molecule has 0 aliphatic heterocycles.